The molecule has 0 aliphatic carbocycles. The standard InChI is InChI=1S/C20H24N2O2S/c21-13-7-2-1-3-8-14-22-18(16-25-20(22)24)11-12-19(23)15-17-9-5-4-6-10-17/h4-6,9-12,18H,1-3,7-8,14-16H2. The highest BCUT2D eigenvalue weighted by atomic mass is 32.2. The molecule has 132 valence electrons. The van der Waals surface area contributed by atoms with Crippen LogP contribution in [0, 0.1) is 11.3 Å². The zero-order valence-corrected chi connectivity index (χ0v) is 15.2. The highest BCUT2D eigenvalue weighted by molar-refractivity contribution is 8.13. The smallest absolute Gasteiger partial charge is 0.282 e. The van der Waals surface area contributed by atoms with Crippen molar-refractivity contribution in [1.29, 1.82) is 5.26 Å². The molecule has 0 spiro atoms. The Hall–Kier alpha value is -2.06. The SMILES string of the molecule is N#CCCCCCCN1C(=O)SCC1C=CC(=O)Cc1ccccc1. The number of unbranched alkanes of at least 4 members (excludes halogenated alkanes) is 4. The van der Waals surface area contributed by atoms with E-state index in [0.29, 0.717) is 18.6 Å². The lowest BCUT2D eigenvalue weighted by molar-refractivity contribution is -0.114. The molecule has 4 nitrogen and oxygen atoms in total. The number of thioether (sulfide) groups is 1. The van der Waals surface area contributed by atoms with E-state index in [-0.39, 0.29) is 17.1 Å². The van der Waals surface area contributed by atoms with Crippen molar-refractivity contribution >= 4 is 22.8 Å². The van der Waals surface area contributed by atoms with E-state index >= 15 is 0 Å². The number of hydrogen-bond donors (Lipinski definition) is 0. The van der Waals surface area contributed by atoms with E-state index < -0.39 is 0 Å². The molecule has 0 radical (unpaired) electrons. The van der Waals surface area contributed by atoms with Crippen molar-refractivity contribution in [1.82, 2.24) is 4.90 Å². The third-order valence-corrected chi connectivity index (χ3v) is 5.17. The van der Waals surface area contributed by atoms with E-state index in [1.54, 1.807) is 6.08 Å². The number of amides is 1. The Kier molecular flexibility index (Phi) is 8.27. The summed E-state index contributed by atoms with van der Waals surface area (Å²) in [7, 11) is 0. The Morgan fingerprint density at radius 3 is 2.76 bits per heavy atom. The number of hydrogen-bond acceptors (Lipinski definition) is 4. The maximum absolute atomic E-state index is 12.1. The molecule has 1 saturated heterocycles. The first-order chi connectivity index (χ1) is 12.2. The van der Waals surface area contributed by atoms with Crippen molar-refractivity contribution in [3.63, 3.8) is 0 Å². The van der Waals surface area contributed by atoms with Gasteiger partial charge >= 0.3 is 0 Å². The lowest BCUT2D eigenvalue weighted by atomic mass is 10.1. The number of nitrogens with zero attached hydrogens (tertiary/aromatic N) is 2. The number of rotatable bonds is 10. The Balaban J connectivity index is 1.78. The molecule has 5 heteroatoms. The molecule has 1 fully saturated rings. The molecule has 0 N–H and O–H groups in total. The molecular formula is C20H24N2O2S. The largest absolute Gasteiger partial charge is 0.326 e. The summed E-state index contributed by atoms with van der Waals surface area (Å²) in [6, 6.07) is 11.8. The predicted octanol–water partition coefficient (Wildman–Crippen LogP) is 4.37. The van der Waals surface area contributed by atoms with Gasteiger partial charge in [-0.15, -0.1) is 0 Å². The average Bonchev–Trinajstić information content (AvgIpc) is 2.97. The first-order valence-corrected chi connectivity index (χ1v) is 9.74. The molecule has 0 aromatic heterocycles. The number of ketones is 1. The van der Waals surface area contributed by atoms with Crippen LogP contribution >= 0.6 is 11.8 Å². The van der Waals surface area contributed by atoms with E-state index in [9.17, 15) is 9.59 Å². The topological polar surface area (TPSA) is 61.2 Å². The van der Waals surface area contributed by atoms with Crippen LogP contribution in [0.2, 0.25) is 0 Å². The van der Waals surface area contributed by atoms with E-state index in [4.69, 9.17) is 5.26 Å². The van der Waals surface area contributed by atoms with Gasteiger partial charge in [-0.25, -0.2) is 0 Å². The van der Waals surface area contributed by atoms with Crippen LogP contribution in [0.3, 0.4) is 0 Å². The summed E-state index contributed by atoms with van der Waals surface area (Å²) in [5, 5.41) is 8.62. The van der Waals surface area contributed by atoms with Crippen molar-refractivity contribution in [3.8, 4) is 6.07 Å². The average molecular weight is 356 g/mol. The van der Waals surface area contributed by atoms with Gasteiger partial charge in [0.1, 0.15) is 0 Å². The first kappa shape index (κ1) is 19.3. The summed E-state index contributed by atoms with van der Waals surface area (Å²) in [5.41, 5.74) is 1.00. The molecule has 0 bridgehead atoms. The summed E-state index contributed by atoms with van der Waals surface area (Å²) in [6.07, 6.45) is 8.42. The molecule has 1 atom stereocenters. The highest BCUT2D eigenvalue weighted by Crippen LogP contribution is 2.25. The minimum atomic E-state index is 0.0105. The first-order valence-electron chi connectivity index (χ1n) is 8.76. The number of carbonyl (C=O) groups excluding carboxylic acids is 2. The fourth-order valence-corrected chi connectivity index (χ4v) is 3.79. The van der Waals surface area contributed by atoms with Crippen LogP contribution in [0.4, 0.5) is 4.79 Å². The quantitative estimate of drug-likeness (QED) is 0.461. The second kappa shape index (κ2) is 10.7. The van der Waals surface area contributed by atoms with Crippen LogP contribution in [0.15, 0.2) is 42.5 Å². The summed E-state index contributed by atoms with van der Waals surface area (Å²) < 4.78 is 0. The molecule has 0 saturated carbocycles. The molecule has 25 heavy (non-hydrogen) atoms. The monoisotopic (exact) mass is 356 g/mol. The van der Waals surface area contributed by atoms with Crippen molar-refractivity contribution in [3.05, 3.63) is 48.0 Å². The Labute approximate surface area is 153 Å². The summed E-state index contributed by atoms with van der Waals surface area (Å²) >= 11 is 1.32. The van der Waals surface area contributed by atoms with Crippen LogP contribution in [0.25, 0.3) is 0 Å². The normalized spacial score (nSPS) is 17.2. The van der Waals surface area contributed by atoms with Gasteiger partial charge in [0.2, 0.25) is 0 Å². The van der Waals surface area contributed by atoms with Gasteiger partial charge in [-0.3, -0.25) is 9.59 Å². The number of benzene rings is 1. The fourth-order valence-electron chi connectivity index (χ4n) is 2.80. The van der Waals surface area contributed by atoms with Gasteiger partial charge in [-0.2, -0.15) is 5.26 Å². The maximum Gasteiger partial charge on any atom is 0.282 e. The van der Waals surface area contributed by atoms with Gasteiger partial charge in [0, 0.05) is 25.1 Å². The van der Waals surface area contributed by atoms with Gasteiger partial charge in [-0.05, 0) is 24.5 Å². The lowest BCUT2D eigenvalue weighted by Gasteiger charge is -2.21. The third-order valence-electron chi connectivity index (χ3n) is 4.18. The second-order valence-electron chi connectivity index (χ2n) is 6.15. The van der Waals surface area contributed by atoms with Crippen molar-refractivity contribution in [2.24, 2.45) is 0 Å². The van der Waals surface area contributed by atoms with Gasteiger partial charge in [0.25, 0.3) is 5.24 Å². The molecular weight excluding hydrogens is 332 g/mol. The Bertz CT molecular complexity index is 637. The van der Waals surface area contributed by atoms with Crippen molar-refractivity contribution in [2.75, 3.05) is 12.3 Å². The summed E-state index contributed by atoms with van der Waals surface area (Å²) in [5.74, 6) is 0.773. The van der Waals surface area contributed by atoms with E-state index in [1.165, 1.54) is 11.8 Å². The molecule has 1 aliphatic rings. The minimum Gasteiger partial charge on any atom is -0.326 e. The maximum atomic E-state index is 12.1. The van der Waals surface area contributed by atoms with Gasteiger partial charge in [-0.1, -0.05) is 61.0 Å². The molecule has 1 amide bonds. The Morgan fingerprint density at radius 2 is 2.00 bits per heavy atom. The number of allylic oxidation sites excluding steroid dienone is 1. The second-order valence-corrected chi connectivity index (χ2v) is 7.12. The zero-order chi connectivity index (χ0) is 17.9. The van der Waals surface area contributed by atoms with Gasteiger partial charge in [0.05, 0.1) is 12.1 Å². The van der Waals surface area contributed by atoms with Crippen LogP contribution < -0.4 is 0 Å². The number of carbonyl (C=O) groups is 2. The van der Waals surface area contributed by atoms with Gasteiger partial charge < -0.3 is 4.90 Å². The van der Waals surface area contributed by atoms with E-state index in [1.807, 2.05) is 41.3 Å². The molecule has 1 aliphatic heterocycles. The predicted molar refractivity (Wildman–Crippen MR) is 101 cm³/mol. The van der Waals surface area contributed by atoms with Crippen LogP contribution in [-0.4, -0.2) is 34.3 Å². The molecule has 1 unspecified atom stereocenters. The molecule has 1 heterocycles. The van der Waals surface area contributed by atoms with Crippen molar-refractivity contribution in [2.45, 2.75) is 44.6 Å². The number of nitriles is 1. The van der Waals surface area contributed by atoms with Crippen LogP contribution in [-0.2, 0) is 11.2 Å². The van der Waals surface area contributed by atoms with Crippen LogP contribution in [0.5, 0.6) is 0 Å². The molecule has 1 aromatic carbocycles. The fraction of sp³-hybridized carbons (Fsp3) is 0.450. The van der Waals surface area contributed by atoms with E-state index in [2.05, 4.69) is 6.07 Å². The summed E-state index contributed by atoms with van der Waals surface area (Å²) in [6.45, 7) is 0.722. The zero-order valence-electron chi connectivity index (χ0n) is 14.4. The van der Waals surface area contributed by atoms with E-state index in [0.717, 1.165) is 37.8 Å². The lowest BCUT2D eigenvalue weighted by Crippen LogP contribution is -2.32. The molecule has 1 aromatic rings. The van der Waals surface area contributed by atoms with Crippen molar-refractivity contribution < 1.29 is 9.59 Å². The van der Waals surface area contributed by atoms with Gasteiger partial charge in [0.15, 0.2) is 5.78 Å². The van der Waals surface area contributed by atoms with Crippen LogP contribution in [0.1, 0.15) is 37.7 Å². The third kappa shape index (κ3) is 6.75. The Morgan fingerprint density at radius 1 is 1.24 bits per heavy atom. The highest BCUT2D eigenvalue weighted by Gasteiger charge is 2.29. The summed E-state index contributed by atoms with van der Waals surface area (Å²) in [4.78, 5) is 26.0. The molecule has 2 rings (SSSR count). The minimum absolute atomic E-state index is 0.0105.